The standard InChI is InChI=1S/C69H131NO3/c1-3-5-7-9-11-13-15-17-19-21-23-25-27-28-29-30-31-32-33-34-35-36-37-38-39-40-41-42-43-45-47-49-51-53-55-57-59-61-63-65-69(73)70-67(66-71)68(72)64-62-60-58-56-54-52-50-48-46-44-26-24-22-20-18-16-14-12-10-8-6-4-2/h15,17,21,23,27-28,62,64,67-68,71-72H,3-14,16,18-20,22,24-26,29-61,63,65-66H2,1-2H3,(H,70,73)/b17-15-,23-21-,28-27-,64-62+. The first-order valence-electron chi connectivity index (χ1n) is 33.4. The fourth-order valence-corrected chi connectivity index (χ4v) is 10.5. The van der Waals surface area contributed by atoms with Gasteiger partial charge in [0.1, 0.15) is 0 Å². The van der Waals surface area contributed by atoms with Crippen LogP contribution in [0.15, 0.2) is 48.6 Å². The summed E-state index contributed by atoms with van der Waals surface area (Å²) in [5, 5.41) is 23.3. The van der Waals surface area contributed by atoms with Crippen LogP contribution in [0.3, 0.4) is 0 Å². The third-order valence-corrected chi connectivity index (χ3v) is 15.6. The van der Waals surface area contributed by atoms with Crippen molar-refractivity contribution >= 4 is 5.91 Å². The van der Waals surface area contributed by atoms with Gasteiger partial charge in [-0.15, -0.1) is 0 Å². The predicted molar refractivity (Wildman–Crippen MR) is 327 cm³/mol. The van der Waals surface area contributed by atoms with Gasteiger partial charge in [-0.25, -0.2) is 0 Å². The van der Waals surface area contributed by atoms with Crippen molar-refractivity contribution in [3.8, 4) is 0 Å². The summed E-state index contributed by atoms with van der Waals surface area (Å²) in [7, 11) is 0. The Bertz CT molecular complexity index is 1160. The quantitative estimate of drug-likeness (QED) is 0.0420. The summed E-state index contributed by atoms with van der Waals surface area (Å²) in [6, 6.07) is -0.622. The molecule has 73 heavy (non-hydrogen) atoms. The molecule has 0 aliphatic carbocycles. The van der Waals surface area contributed by atoms with Crippen molar-refractivity contribution in [3.05, 3.63) is 48.6 Å². The highest BCUT2D eigenvalue weighted by Crippen LogP contribution is 2.18. The number of rotatable bonds is 62. The number of unbranched alkanes of at least 4 members (excludes halogenated alkanes) is 49. The monoisotopic (exact) mass is 1020 g/mol. The van der Waals surface area contributed by atoms with Crippen molar-refractivity contribution in [1.82, 2.24) is 5.32 Å². The van der Waals surface area contributed by atoms with Gasteiger partial charge in [0.25, 0.3) is 0 Å². The highest BCUT2D eigenvalue weighted by molar-refractivity contribution is 5.76. The van der Waals surface area contributed by atoms with E-state index in [2.05, 4.69) is 55.6 Å². The van der Waals surface area contributed by atoms with Gasteiger partial charge in [-0.05, 0) is 57.8 Å². The fourth-order valence-electron chi connectivity index (χ4n) is 10.5. The molecule has 0 fully saturated rings. The SMILES string of the molecule is CCCCCCC/C=C\C/C=C\C/C=C\CCCCCCCCCCCCCCCCCCCCCCCCCCC(=O)NC(CO)C(O)/C=C/CCCCCCCCCCCCCCCCCCCCCC. The summed E-state index contributed by atoms with van der Waals surface area (Å²) in [6.07, 6.45) is 90.4. The van der Waals surface area contributed by atoms with Crippen LogP contribution in [-0.2, 0) is 4.79 Å². The van der Waals surface area contributed by atoms with Crippen LogP contribution in [0.1, 0.15) is 367 Å². The molecule has 0 saturated carbocycles. The van der Waals surface area contributed by atoms with Crippen LogP contribution in [-0.4, -0.2) is 34.9 Å². The third kappa shape index (κ3) is 61.1. The van der Waals surface area contributed by atoms with Crippen molar-refractivity contribution < 1.29 is 15.0 Å². The van der Waals surface area contributed by atoms with Gasteiger partial charge in [-0.1, -0.05) is 351 Å². The van der Waals surface area contributed by atoms with Gasteiger partial charge in [0.15, 0.2) is 0 Å². The van der Waals surface area contributed by atoms with E-state index >= 15 is 0 Å². The van der Waals surface area contributed by atoms with Crippen molar-refractivity contribution in [3.63, 3.8) is 0 Å². The van der Waals surface area contributed by atoms with Crippen LogP contribution in [0, 0.1) is 0 Å². The fraction of sp³-hybridized carbons (Fsp3) is 0.870. The molecule has 0 rings (SSSR count). The second kappa shape index (κ2) is 64.6. The van der Waals surface area contributed by atoms with Gasteiger partial charge in [-0.3, -0.25) is 4.79 Å². The molecule has 4 heteroatoms. The largest absolute Gasteiger partial charge is 0.394 e. The first-order chi connectivity index (χ1) is 36.2. The average Bonchev–Trinajstić information content (AvgIpc) is 3.40. The third-order valence-electron chi connectivity index (χ3n) is 15.6. The molecular formula is C69H131NO3. The summed E-state index contributed by atoms with van der Waals surface area (Å²) >= 11 is 0. The van der Waals surface area contributed by atoms with E-state index in [-0.39, 0.29) is 12.5 Å². The summed E-state index contributed by atoms with van der Waals surface area (Å²) < 4.78 is 0. The molecule has 0 bridgehead atoms. The molecule has 0 aliphatic heterocycles. The van der Waals surface area contributed by atoms with Gasteiger partial charge in [0.05, 0.1) is 18.8 Å². The van der Waals surface area contributed by atoms with E-state index in [0.29, 0.717) is 6.42 Å². The molecule has 0 heterocycles. The number of aliphatic hydroxyl groups is 2. The molecule has 0 aliphatic rings. The van der Waals surface area contributed by atoms with Crippen LogP contribution < -0.4 is 5.32 Å². The smallest absolute Gasteiger partial charge is 0.220 e. The van der Waals surface area contributed by atoms with E-state index in [1.807, 2.05) is 6.08 Å². The van der Waals surface area contributed by atoms with Gasteiger partial charge in [0, 0.05) is 6.42 Å². The Morgan fingerprint density at radius 3 is 0.836 bits per heavy atom. The van der Waals surface area contributed by atoms with Crippen LogP contribution in [0.4, 0.5) is 0 Å². The van der Waals surface area contributed by atoms with Gasteiger partial charge < -0.3 is 15.5 Å². The maximum atomic E-state index is 12.5. The number of amides is 1. The zero-order valence-corrected chi connectivity index (χ0v) is 49.7. The Morgan fingerprint density at radius 1 is 0.329 bits per heavy atom. The number of carbonyl (C=O) groups excluding carboxylic acids is 1. The molecule has 0 saturated heterocycles. The average molecular weight is 1020 g/mol. The number of carbonyl (C=O) groups is 1. The minimum atomic E-state index is -0.839. The van der Waals surface area contributed by atoms with Crippen LogP contribution in [0.5, 0.6) is 0 Å². The Morgan fingerprint density at radius 2 is 0.562 bits per heavy atom. The molecular weight excluding hydrogens is 891 g/mol. The lowest BCUT2D eigenvalue weighted by Gasteiger charge is -2.20. The highest BCUT2D eigenvalue weighted by atomic mass is 16.3. The van der Waals surface area contributed by atoms with E-state index in [0.717, 1.165) is 38.5 Å². The summed E-state index contributed by atoms with van der Waals surface area (Å²) in [5.41, 5.74) is 0. The minimum Gasteiger partial charge on any atom is -0.394 e. The van der Waals surface area contributed by atoms with Gasteiger partial charge in [0.2, 0.25) is 5.91 Å². The predicted octanol–water partition coefficient (Wildman–Crippen LogP) is 22.5. The Labute approximate surface area is 458 Å². The lowest BCUT2D eigenvalue weighted by atomic mass is 10.0. The van der Waals surface area contributed by atoms with Crippen molar-refractivity contribution in [2.45, 2.75) is 379 Å². The molecule has 0 spiro atoms. The van der Waals surface area contributed by atoms with Gasteiger partial charge >= 0.3 is 0 Å². The molecule has 0 radical (unpaired) electrons. The molecule has 0 aromatic heterocycles. The molecule has 2 atom stereocenters. The van der Waals surface area contributed by atoms with E-state index in [1.54, 1.807) is 6.08 Å². The zero-order chi connectivity index (χ0) is 52.7. The van der Waals surface area contributed by atoms with Crippen LogP contribution >= 0.6 is 0 Å². The maximum absolute atomic E-state index is 12.5. The van der Waals surface area contributed by atoms with Crippen LogP contribution in [0.25, 0.3) is 0 Å². The minimum absolute atomic E-state index is 0.0567. The molecule has 2 unspecified atom stereocenters. The topological polar surface area (TPSA) is 69.6 Å². The number of hydrogen-bond acceptors (Lipinski definition) is 3. The summed E-state index contributed by atoms with van der Waals surface area (Å²) in [5.74, 6) is -0.0567. The van der Waals surface area contributed by atoms with Crippen molar-refractivity contribution in [2.75, 3.05) is 6.61 Å². The zero-order valence-electron chi connectivity index (χ0n) is 49.7. The first-order valence-corrected chi connectivity index (χ1v) is 33.4. The Hall–Kier alpha value is -1.65. The molecule has 1 amide bonds. The van der Waals surface area contributed by atoms with Crippen LogP contribution in [0.2, 0.25) is 0 Å². The molecule has 3 N–H and O–H groups in total. The van der Waals surface area contributed by atoms with Crippen molar-refractivity contribution in [2.24, 2.45) is 0 Å². The number of hydrogen-bond donors (Lipinski definition) is 3. The lowest BCUT2D eigenvalue weighted by molar-refractivity contribution is -0.123. The van der Waals surface area contributed by atoms with Crippen molar-refractivity contribution in [1.29, 1.82) is 0 Å². The number of nitrogens with one attached hydrogen (secondary N) is 1. The second-order valence-electron chi connectivity index (χ2n) is 22.9. The summed E-state index contributed by atoms with van der Waals surface area (Å²) in [6.45, 7) is 4.33. The molecule has 0 aromatic carbocycles. The molecule has 4 nitrogen and oxygen atoms in total. The second-order valence-corrected chi connectivity index (χ2v) is 22.9. The normalized spacial score (nSPS) is 13.0. The molecule has 0 aromatic rings. The Kier molecular flexibility index (Phi) is 63.2. The number of aliphatic hydroxyl groups excluding tert-OH is 2. The first kappa shape index (κ1) is 71.3. The lowest BCUT2D eigenvalue weighted by Crippen LogP contribution is -2.45. The highest BCUT2D eigenvalue weighted by Gasteiger charge is 2.18. The van der Waals surface area contributed by atoms with E-state index in [9.17, 15) is 15.0 Å². The van der Waals surface area contributed by atoms with E-state index < -0.39 is 12.1 Å². The Balaban J connectivity index is 3.41. The van der Waals surface area contributed by atoms with E-state index in [1.165, 1.54) is 308 Å². The molecule has 430 valence electrons. The van der Waals surface area contributed by atoms with Gasteiger partial charge in [-0.2, -0.15) is 0 Å². The maximum Gasteiger partial charge on any atom is 0.220 e. The summed E-state index contributed by atoms with van der Waals surface area (Å²) in [4.78, 5) is 12.5. The van der Waals surface area contributed by atoms with E-state index in [4.69, 9.17) is 0 Å². The number of allylic oxidation sites excluding steroid dienone is 7.